The van der Waals surface area contributed by atoms with Crippen LogP contribution < -0.4 is 5.43 Å². The van der Waals surface area contributed by atoms with Gasteiger partial charge in [0.25, 0.3) is 5.69 Å². The summed E-state index contributed by atoms with van der Waals surface area (Å²) in [5.41, 5.74) is 7.10. The molecular formula is C30H47N2O+. The zero-order valence-electron chi connectivity index (χ0n) is 21.3. The average Bonchev–Trinajstić information content (AvgIpc) is 2.84. The first kappa shape index (κ1) is 27.1. The van der Waals surface area contributed by atoms with Gasteiger partial charge in [-0.2, -0.15) is 0 Å². The molecule has 0 saturated carbocycles. The van der Waals surface area contributed by atoms with Crippen molar-refractivity contribution in [2.45, 2.75) is 117 Å². The number of benzene rings is 2. The van der Waals surface area contributed by atoms with Crippen LogP contribution in [-0.4, -0.2) is 4.87 Å². The molecule has 0 atom stereocenters. The second kappa shape index (κ2) is 17.3. The number of unbranched alkanes of at least 4 members (excludes halogenated alkanes) is 12. The van der Waals surface area contributed by atoms with Crippen molar-refractivity contribution in [1.29, 1.82) is 0 Å². The van der Waals surface area contributed by atoms with Crippen LogP contribution in [0.5, 0.6) is 0 Å². The molecule has 3 heteroatoms. The second-order valence-corrected chi connectivity index (χ2v) is 9.51. The van der Waals surface area contributed by atoms with Gasteiger partial charge in [0.05, 0.1) is 4.91 Å². The molecule has 0 aromatic heterocycles. The van der Waals surface area contributed by atoms with E-state index in [1.165, 1.54) is 101 Å². The summed E-state index contributed by atoms with van der Waals surface area (Å²) >= 11 is 0. The zero-order valence-corrected chi connectivity index (χ0v) is 21.3. The van der Waals surface area contributed by atoms with Crippen LogP contribution in [0.3, 0.4) is 0 Å². The quantitative estimate of drug-likeness (QED) is 0.131. The predicted molar refractivity (Wildman–Crippen MR) is 143 cm³/mol. The molecule has 0 unspecified atom stereocenters. The summed E-state index contributed by atoms with van der Waals surface area (Å²) in [6.45, 7) is 4.52. The fourth-order valence-electron chi connectivity index (χ4n) is 4.30. The second-order valence-electron chi connectivity index (χ2n) is 9.51. The zero-order chi connectivity index (χ0) is 23.6. The topological polar surface area (TPSA) is 32.1 Å². The highest BCUT2D eigenvalue weighted by molar-refractivity contribution is 5.43. The van der Waals surface area contributed by atoms with Crippen LogP contribution >= 0.6 is 0 Å². The van der Waals surface area contributed by atoms with E-state index in [0.717, 1.165) is 23.4 Å². The Bertz CT molecular complexity index is 752. The number of hydrazine groups is 1. The van der Waals surface area contributed by atoms with E-state index in [1.807, 2.05) is 24.3 Å². The van der Waals surface area contributed by atoms with Gasteiger partial charge in [-0.15, -0.1) is 5.43 Å². The normalized spacial score (nSPS) is 11.0. The first-order chi connectivity index (χ1) is 16.2. The maximum Gasteiger partial charge on any atom is 0.292 e. The van der Waals surface area contributed by atoms with Crippen molar-refractivity contribution in [3.05, 3.63) is 64.6 Å². The average molecular weight is 452 g/mol. The third-order valence-corrected chi connectivity index (χ3v) is 6.49. The Hall–Kier alpha value is -2.16. The van der Waals surface area contributed by atoms with Crippen molar-refractivity contribution < 1.29 is 4.87 Å². The van der Waals surface area contributed by atoms with Crippen LogP contribution in [0, 0.1) is 4.91 Å². The van der Waals surface area contributed by atoms with Crippen LogP contribution in [0.25, 0.3) is 0 Å². The lowest BCUT2D eigenvalue weighted by molar-refractivity contribution is -0.427. The molecule has 0 aliphatic rings. The van der Waals surface area contributed by atoms with Crippen LogP contribution in [0.4, 0.5) is 11.4 Å². The Morgan fingerprint density at radius 1 is 0.545 bits per heavy atom. The summed E-state index contributed by atoms with van der Waals surface area (Å²) in [4.78, 5) is 13.4. The number of aryl methyl sites for hydroxylation is 2. The summed E-state index contributed by atoms with van der Waals surface area (Å²) < 4.78 is 0. The maximum absolute atomic E-state index is 12.5. The summed E-state index contributed by atoms with van der Waals surface area (Å²) in [5, 5.41) is 0. The predicted octanol–water partition coefficient (Wildman–Crippen LogP) is 9.71. The van der Waals surface area contributed by atoms with Crippen molar-refractivity contribution in [3.8, 4) is 0 Å². The summed E-state index contributed by atoms with van der Waals surface area (Å²) in [5.74, 6) is 0. The lowest BCUT2D eigenvalue weighted by Crippen LogP contribution is -2.10. The first-order valence-corrected chi connectivity index (χ1v) is 13.6. The number of anilines is 1. The highest BCUT2D eigenvalue weighted by atomic mass is 16.3. The van der Waals surface area contributed by atoms with Crippen molar-refractivity contribution in [3.63, 3.8) is 0 Å². The molecule has 0 bridgehead atoms. The Morgan fingerprint density at radius 2 is 0.939 bits per heavy atom. The lowest BCUT2D eigenvalue weighted by Gasteiger charge is -2.04. The van der Waals surface area contributed by atoms with E-state index in [-0.39, 0.29) is 0 Å². The van der Waals surface area contributed by atoms with Crippen LogP contribution in [0.15, 0.2) is 48.5 Å². The first-order valence-electron chi connectivity index (χ1n) is 13.6. The van der Waals surface area contributed by atoms with Gasteiger partial charge in [-0.1, -0.05) is 115 Å². The molecule has 33 heavy (non-hydrogen) atoms. The van der Waals surface area contributed by atoms with Gasteiger partial charge in [-0.05, 0) is 48.9 Å². The smallest absolute Gasteiger partial charge is 0.114 e. The Morgan fingerprint density at radius 3 is 1.39 bits per heavy atom. The molecule has 2 aromatic rings. The van der Waals surface area contributed by atoms with Gasteiger partial charge in [0.1, 0.15) is 5.69 Å². The number of nitroso groups, excluding NO2 is 1. The largest absolute Gasteiger partial charge is 0.292 e. The molecule has 1 N–H and O–H groups in total. The highest BCUT2D eigenvalue weighted by Crippen LogP contribution is 2.18. The van der Waals surface area contributed by atoms with Gasteiger partial charge in [-0.25, -0.2) is 0 Å². The maximum atomic E-state index is 12.5. The Balaban J connectivity index is 1.65. The Labute approximate surface area is 202 Å². The minimum Gasteiger partial charge on any atom is -0.114 e. The monoisotopic (exact) mass is 451 g/mol. The number of nitrogens with zero attached hydrogens (tertiary/aromatic N) is 1. The molecule has 0 amide bonds. The third kappa shape index (κ3) is 12.0. The molecule has 182 valence electrons. The minimum atomic E-state index is 0.644. The third-order valence-electron chi connectivity index (χ3n) is 6.49. The molecule has 0 aliphatic heterocycles. The summed E-state index contributed by atoms with van der Waals surface area (Å²) in [6.07, 6.45) is 20.8. The molecule has 0 radical (unpaired) electrons. The number of hydrogen-bond acceptors (Lipinski definition) is 1. The van der Waals surface area contributed by atoms with E-state index in [9.17, 15) is 4.91 Å². The lowest BCUT2D eigenvalue weighted by atomic mass is 10.0. The SMILES string of the molecule is CCCCCCCCCc1ccc(N[N+](=O)c2ccc(CCCCCCCCC)cc2)cc1. The van der Waals surface area contributed by atoms with Gasteiger partial charge in [-0.3, -0.25) is 0 Å². The molecule has 2 rings (SSSR count). The fraction of sp³-hybridized carbons (Fsp3) is 0.600. The van der Waals surface area contributed by atoms with Crippen molar-refractivity contribution >= 4 is 11.4 Å². The molecule has 0 heterocycles. The summed E-state index contributed by atoms with van der Waals surface area (Å²) in [7, 11) is 0. The standard InChI is InChI=1S/C30H47N2O/c1-3-5-7-9-11-13-15-17-27-19-23-29(24-20-27)31-32(33)30-25-21-28(22-26-30)18-16-14-12-10-8-6-4-2/h19-26H,3-18H2,1-2H3,(H,31,33)/q+1. The Kier molecular flexibility index (Phi) is 14.2. The number of hydrogen-bond donors (Lipinski definition) is 1. The number of nitrogens with one attached hydrogen (secondary N) is 1. The molecule has 3 nitrogen and oxygen atoms in total. The van der Waals surface area contributed by atoms with Crippen LogP contribution in [-0.2, 0) is 12.8 Å². The molecule has 2 aromatic carbocycles. The molecular weight excluding hydrogens is 404 g/mol. The van der Waals surface area contributed by atoms with Crippen LogP contribution in [0.1, 0.15) is 115 Å². The number of rotatable bonds is 19. The van der Waals surface area contributed by atoms with Crippen molar-refractivity contribution in [2.75, 3.05) is 5.43 Å². The van der Waals surface area contributed by atoms with E-state index in [2.05, 4.69) is 43.5 Å². The van der Waals surface area contributed by atoms with E-state index >= 15 is 0 Å². The van der Waals surface area contributed by atoms with E-state index in [0.29, 0.717) is 5.69 Å². The van der Waals surface area contributed by atoms with Gasteiger partial charge in [0.15, 0.2) is 4.87 Å². The van der Waals surface area contributed by atoms with Crippen molar-refractivity contribution in [2.24, 2.45) is 0 Å². The summed E-state index contributed by atoms with van der Waals surface area (Å²) in [6, 6.07) is 16.3. The van der Waals surface area contributed by atoms with E-state index in [4.69, 9.17) is 0 Å². The van der Waals surface area contributed by atoms with Gasteiger partial charge >= 0.3 is 0 Å². The van der Waals surface area contributed by atoms with Gasteiger partial charge in [0.2, 0.25) is 0 Å². The molecule has 0 aliphatic carbocycles. The van der Waals surface area contributed by atoms with Crippen molar-refractivity contribution in [1.82, 2.24) is 0 Å². The molecule has 0 fully saturated rings. The minimum absolute atomic E-state index is 0.644. The van der Waals surface area contributed by atoms with Gasteiger partial charge in [0, 0.05) is 12.1 Å². The van der Waals surface area contributed by atoms with Crippen LogP contribution in [0.2, 0.25) is 0 Å². The molecule has 0 saturated heterocycles. The van der Waals surface area contributed by atoms with E-state index in [1.54, 1.807) is 0 Å². The highest BCUT2D eigenvalue weighted by Gasteiger charge is 2.14. The fourth-order valence-corrected chi connectivity index (χ4v) is 4.30. The molecule has 0 spiro atoms. The van der Waals surface area contributed by atoms with Gasteiger partial charge < -0.3 is 0 Å². The van der Waals surface area contributed by atoms with E-state index < -0.39 is 0 Å².